The standard InChI is InChI=1S/C13H16N4O2S/c1-4-14-9(3)12-15-16-13(20-12)10-7-8(2)5-6-11(10)17(18)19/h5-7,9,14H,4H2,1-3H3. The normalized spacial score (nSPS) is 12.3. The van der Waals surface area contributed by atoms with E-state index in [2.05, 4.69) is 15.5 Å². The molecule has 106 valence electrons. The summed E-state index contributed by atoms with van der Waals surface area (Å²) in [5.41, 5.74) is 1.55. The maximum absolute atomic E-state index is 11.1. The fraction of sp³-hybridized carbons (Fsp3) is 0.385. The van der Waals surface area contributed by atoms with Gasteiger partial charge in [-0.15, -0.1) is 10.2 Å². The first kappa shape index (κ1) is 14.5. The van der Waals surface area contributed by atoms with Crippen LogP contribution in [0.4, 0.5) is 5.69 Å². The molecule has 0 spiro atoms. The second kappa shape index (κ2) is 6.06. The Morgan fingerprint density at radius 1 is 1.45 bits per heavy atom. The molecule has 0 radical (unpaired) electrons. The summed E-state index contributed by atoms with van der Waals surface area (Å²) in [7, 11) is 0. The fourth-order valence-electron chi connectivity index (χ4n) is 1.89. The third-order valence-corrected chi connectivity index (χ3v) is 4.04. The minimum Gasteiger partial charge on any atom is -0.308 e. The Hall–Kier alpha value is -1.86. The van der Waals surface area contributed by atoms with Gasteiger partial charge in [-0.25, -0.2) is 0 Å². The van der Waals surface area contributed by atoms with Crippen LogP contribution in [-0.2, 0) is 0 Å². The minimum atomic E-state index is -0.385. The highest BCUT2D eigenvalue weighted by Crippen LogP contribution is 2.33. The second-order valence-electron chi connectivity index (χ2n) is 4.50. The predicted octanol–water partition coefficient (Wildman–Crippen LogP) is 3.09. The van der Waals surface area contributed by atoms with E-state index in [1.165, 1.54) is 17.4 Å². The molecule has 20 heavy (non-hydrogen) atoms. The van der Waals surface area contributed by atoms with Crippen LogP contribution in [0.15, 0.2) is 18.2 Å². The summed E-state index contributed by atoms with van der Waals surface area (Å²) in [5, 5.41) is 24.0. The molecule has 2 aromatic rings. The van der Waals surface area contributed by atoms with Crippen LogP contribution in [0.2, 0.25) is 0 Å². The highest BCUT2D eigenvalue weighted by atomic mass is 32.1. The number of nitro benzene ring substituents is 1. The molecule has 1 heterocycles. The third-order valence-electron chi connectivity index (χ3n) is 2.90. The SMILES string of the molecule is CCNC(C)c1nnc(-c2cc(C)ccc2[N+](=O)[O-])s1. The molecule has 1 atom stereocenters. The zero-order valence-corrected chi connectivity index (χ0v) is 12.4. The second-order valence-corrected chi connectivity index (χ2v) is 5.51. The van der Waals surface area contributed by atoms with Gasteiger partial charge >= 0.3 is 0 Å². The molecule has 1 aromatic carbocycles. The lowest BCUT2D eigenvalue weighted by Crippen LogP contribution is -2.17. The lowest BCUT2D eigenvalue weighted by atomic mass is 10.1. The van der Waals surface area contributed by atoms with E-state index in [4.69, 9.17) is 0 Å². The summed E-state index contributed by atoms with van der Waals surface area (Å²) in [6.45, 7) is 6.75. The smallest absolute Gasteiger partial charge is 0.279 e. The van der Waals surface area contributed by atoms with Gasteiger partial charge in [-0.3, -0.25) is 10.1 Å². The van der Waals surface area contributed by atoms with Crippen molar-refractivity contribution in [3.63, 3.8) is 0 Å². The van der Waals surface area contributed by atoms with Gasteiger partial charge in [-0.05, 0) is 32.0 Å². The van der Waals surface area contributed by atoms with E-state index in [1.807, 2.05) is 20.8 Å². The van der Waals surface area contributed by atoms with Crippen LogP contribution in [0, 0.1) is 17.0 Å². The topological polar surface area (TPSA) is 81.0 Å². The number of rotatable bonds is 5. The van der Waals surface area contributed by atoms with E-state index in [9.17, 15) is 10.1 Å². The Bertz CT molecular complexity index is 627. The summed E-state index contributed by atoms with van der Waals surface area (Å²) in [6.07, 6.45) is 0. The molecule has 0 aliphatic carbocycles. The van der Waals surface area contributed by atoms with Crippen molar-refractivity contribution >= 4 is 17.0 Å². The summed E-state index contributed by atoms with van der Waals surface area (Å²) < 4.78 is 0. The maximum atomic E-state index is 11.1. The summed E-state index contributed by atoms with van der Waals surface area (Å²) in [6, 6.07) is 5.11. The monoisotopic (exact) mass is 292 g/mol. The molecule has 7 heteroatoms. The number of hydrogen-bond acceptors (Lipinski definition) is 6. The molecule has 1 N–H and O–H groups in total. The minimum absolute atomic E-state index is 0.0643. The summed E-state index contributed by atoms with van der Waals surface area (Å²) in [4.78, 5) is 10.7. The molecule has 1 aromatic heterocycles. The lowest BCUT2D eigenvalue weighted by Gasteiger charge is -2.06. The van der Waals surface area contributed by atoms with E-state index < -0.39 is 0 Å². The highest BCUT2D eigenvalue weighted by Gasteiger charge is 2.20. The van der Waals surface area contributed by atoms with E-state index in [0.717, 1.165) is 17.1 Å². The Kier molecular flexibility index (Phi) is 4.41. The van der Waals surface area contributed by atoms with Crippen molar-refractivity contribution in [1.82, 2.24) is 15.5 Å². The molecule has 0 aliphatic rings. The van der Waals surface area contributed by atoms with Crippen LogP contribution in [0.3, 0.4) is 0 Å². The molecule has 0 bridgehead atoms. The molecule has 0 saturated heterocycles. The Balaban J connectivity index is 2.41. The van der Waals surface area contributed by atoms with Gasteiger partial charge < -0.3 is 5.32 Å². The van der Waals surface area contributed by atoms with Gasteiger partial charge in [0.15, 0.2) is 5.01 Å². The number of nitrogens with zero attached hydrogens (tertiary/aromatic N) is 3. The Labute approximate surface area is 121 Å². The summed E-state index contributed by atoms with van der Waals surface area (Å²) in [5.74, 6) is 0. The van der Waals surface area contributed by atoms with Crippen molar-refractivity contribution in [2.75, 3.05) is 6.54 Å². The van der Waals surface area contributed by atoms with E-state index >= 15 is 0 Å². The van der Waals surface area contributed by atoms with Gasteiger partial charge in [0.1, 0.15) is 5.01 Å². The molecular formula is C13H16N4O2S. The molecule has 0 saturated carbocycles. The average Bonchev–Trinajstić information content (AvgIpc) is 2.88. The van der Waals surface area contributed by atoms with Gasteiger partial charge in [-0.2, -0.15) is 0 Å². The largest absolute Gasteiger partial charge is 0.308 e. The zero-order chi connectivity index (χ0) is 14.7. The van der Waals surface area contributed by atoms with Gasteiger partial charge in [0.2, 0.25) is 0 Å². The first-order chi connectivity index (χ1) is 9.52. The Morgan fingerprint density at radius 2 is 2.20 bits per heavy atom. The number of nitrogens with one attached hydrogen (secondary N) is 1. The van der Waals surface area contributed by atoms with Crippen LogP contribution in [0.5, 0.6) is 0 Å². The van der Waals surface area contributed by atoms with Crippen LogP contribution in [-0.4, -0.2) is 21.7 Å². The van der Waals surface area contributed by atoms with Crippen molar-refractivity contribution in [2.45, 2.75) is 26.8 Å². The number of nitro groups is 1. The van der Waals surface area contributed by atoms with Gasteiger partial charge in [0.05, 0.1) is 16.5 Å². The van der Waals surface area contributed by atoms with Crippen LogP contribution in [0.25, 0.3) is 10.6 Å². The molecule has 2 rings (SSSR count). The van der Waals surface area contributed by atoms with Gasteiger partial charge in [0, 0.05) is 6.07 Å². The molecule has 0 fully saturated rings. The van der Waals surface area contributed by atoms with Crippen molar-refractivity contribution in [3.8, 4) is 10.6 Å². The van der Waals surface area contributed by atoms with E-state index in [-0.39, 0.29) is 16.7 Å². The van der Waals surface area contributed by atoms with Crippen LogP contribution in [0.1, 0.15) is 30.5 Å². The third kappa shape index (κ3) is 3.00. The van der Waals surface area contributed by atoms with Gasteiger partial charge in [-0.1, -0.05) is 24.3 Å². The van der Waals surface area contributed by atoms with Crippen molar-refractivity contribution < 1.29 is 4.92 Å². The fourth-order valence-corrected chi connectivity index (χ4v) is 2.79. The number of benzene rings is 1. The molecular weight excluding hydrogens is 276 g/mol. The molecule has 6 nitrogen and oxygen atoms in total. The van der Waals surface area contributed by atoms with Crippen molar-refractivity contribution in [1.29, 1.82) is 0 Å². The maximum Gasteiger partial charge on any atom is 0.279 e. The quantitative estimate of drug-likeness (QED) is 0.676. The predicted molar refractivity (Wildman–Crippen MR) is 78.8 cm³/mol. The lowest BCUT2D eigenvalue weighted by molar-refractivity contribution is -0.384. The van der Waals surface area contributed by atoms with Gasteiger partial charge in [0.25, 0.3) is 5.69 Å². The van der Waals surface area contributed by atoms with Crippen molar-refractivity contribution in [3.05, 3.63) is 38.9 Å². The first-order valence-corrected chi connectivity index (χ1v) is 7.16. The van der Waals surface area contributed by atoms with E-state index in [0.29, 0.717) is 10.6 Å². The first-order valence-electron chi connectivity index (χ1n) is 6.35. The van der Waals surface area contributed by atoms with Crippen molar-refractivity contribution in [2.24, 2.45) is 0 Å². The zero-order valence-electron chi connectivity index (χ0n) is 11.6. The highest BCUT2D eigenvalue weighted by molar-refractivity contribution is 7.14. The molecule has 0 aliphatic heterocycles. The number of aryl methyl sites for hydroxylation is 1. The van der Waals surface area contributed by atoms with E-state index in [1.54, 1.807) is 12.1 Å². The van der Waals surface area contributed by atoms with Crippen LogP contribution < -0.4 is 5.32 Å². The molecule has 0 amide bonds. The van der Waals surface area contributed by atoms with Crippen LogP contribution >= 0.6 is 11.3 Å². The Morgan fingerprint density at radius 3 is 2.85 bits per heavy atom. The molecule has 1 unspecified atom stereocenters. The summed E-state index contributed by atoms with van der Waals surface area (Å²) >= 11 is 1.39. The average molecular weight is 292 g/mol. The number of hydrogen-bond donors (Lipinski definition) is 1. The number of aromatic nitrogens is 2.